The first-order valence-corrected chi connectivity index (χ1v) is 7.63. The molecule has 0 aliphatic rings. The fourth-order valence-electron chi connectivity index (χ4n) is 2.74. The number of nitrogens with zero attached hydrogens (tertiary/aromatic N) is 5. The Labute approximate surface area is 128 Å². The molecule has 0 saturated carbocycles. The number of hydrogen-bond donors (Lipinski definition) is 1. The number of aryl methyl sites for hydroxylation is 5. The molecule has 0 aliphatic carbocycles. The minimum absolute atomic E-state index is 0.763. The number of aromatic amines is 1. The predicted octanol–water partition coefficient (Wildman–Crippen LogP) is 2.36. The molecule has 0 spiro atoms. The summed E-state index contributed by atoms with van der Waals surface area (Å²) in [6.07, 6.45) is 6.89. The van der Waals surface area contributed by atoms with Crippen LogP contribution >= 0.6 is 12.2 Å². The van der Waals surface area contributed by atoms with E-state index in [2.05, 4.69) is 26.7 Å². The number of imidazole rings is 1. The molecule has 0 aromatic carbocycles. The average molecular weight is 304 g/mol. The van der Waals surface area contributed by atoms with Gasteiger partial charge in [0.25, 0.3) is 0 Å². The van der Waals surface area contributed by atoms with E-state index in [1.54, 1.807) is 0 Å². The highest BCUT2D eigenvalue weighted by atomic mass is 32.1. The lowest BCUT2D eigenvalue weighted by atomic mass is 10.2. The Kier molecular flexibility index (Phi) is 3.67. The average Bonchev–Trinajstić information content (AvgIpc) is 3.07. The largest absolute Gasteiger partial charge is 0.328 e. The SMILES string of the molecule is CCCc1nn(C)c2c1[nH]c(=S)n2CCc1cnn(C)c1. The van der Waals surface area contributed by atoms with E-state index < -0.39 is 0 Å². The van der Waals surface area contributed by atoms with Crippen LogP contribution in [0.1, 0.15) is 24.6 Å². The molecule has 0 bridgehead atoms. The van der Waals surface area contributed by atoms with Gasteiger partial charge in [-0.15, -0.1) is 0 Å². The Morgan fingerprint density at radius 1 is 1.29 bits per heavy atom. The molecule has 0 radical (unpaired) electrons. The van der Waals surface area contributed by atoms with E-state index in [9.17, 15) is 0 Å². The Balaban J connectivity index is 1.94. The molecule has 6 nitrogen and oxygen atoms in total. The van der Waals surface area contributed by atoms with Crippen molar-refractivity contribution in [1.82, 2.24) is 29.1 Å². The zero-order valence-corrected chi connectivity index (χ0v) is 13.4. The normalized spacial score (nSPS) is 11.6. The number of aromatic nitrogens is 6. The molecule has 0 fully saturated rings. The molecule has 0 aliphatic heterocycles. The van der Waals surface area contributed by atoms with Crippen molar-refractivity contribution in [2.24, 2.45) is 14.1 Å². The molecule has 7 heteroatoms. The standard InChI is InChI=1S/C14H20N6S/c1-4-5-11-12-13(19(3)17-11)20(14(21)16-12)7-6-10-8-15-18(2)9-10/h8-9H,4-7H2,1-3H3,(H,16,21). The smallest absolute Gasteiger partial charge is 0.179 e. The van der Waals surface area contributed by atoms with Crippen LogP contribution in [0.25, 0.3) is 11.2 Å². The third kappa shape index (κ3) is 2.53. The zero-order chi connectivity index (χ0) is 15.0. The zero-order valence-electron chi connectivity index (χ0n) is 12.6. The predicted molar refractivity (Wildman–Crippen MR) is 84.8 cm³/mol. The molecule has 0 saturated heterocycles. The van der Waals surface area contributed by atoms with Gasteiger partial charge in [-0.2, -0.15) is 10.2 Å². The molecule has 3 rings (SSSR count). The van der Waals surface area contributed by atoms with Gasteiger partial charge in [0.2, 0.25) is 0 Å². The molecular formula is C14H20N6S. The van der Waals surface area contributed by atoms with Crippen LogP contribution in [0.3, 0.4) is 0 Å². The molecule has 0 amide bonds. The number of hydrogen-bond acceptors (Lipinski definition) is 3. The first-order chi connectivity index (χ1) is 10.1. The molecule has 3 heterocycles. The van der Waals surface area contributed by atoms with Gasteiger partial charge in [0.15, 0.2) is 10.4 Å². The maximum absolute atomic E-state index is 5.48. The summed E-state index contributed by atoms with van der Waals surface area (Å²) in [5.74, 6) is 0. The van der Waals surface area contributed by atoms with E-state index in [0.29, 0.717) is 0 Å². The van der Waals surface area contributed by atoms with E-state index in [1.165, 1.54) is 5.56 Å². The van der Waals surface area contributed by atoms with Crippen LogP contribution in [0.15, 0.2) is 12.4 Å². The van der Waals surface area contributed by atoms with Crippen LogP contribution in [0.5, 0.6) is 0 Å². The summed E-state index contributed by atoms with van der Waals surface area (Å²) in [6, 6.07) is 0. The van der Waals surface area contributed by atoms with E-state index >= 15 is 0 Å². The van der Waals surface area contributed by atoms with E-state index in [-0.39, 0.29) is 0 Å². The van der Waals surface area contributed by atoms with Gasteiger partial charge in [-0.05, 0) is 30.6 Å². The summed E-state index contributed by atoms with van der Waals surface area (Å²) in [6.45, 7) is 2.99. The minimum atomic E-state index is 0.763. The molecule has 3 aromatic heterocycles. The fraction of sp³-hybridized carbons (Fsp3) is 0.500. The third-order valence-corrected chi connectivity index (χ3v) is 4.01. The van der Waals surface area contributed by atoms with Gasteiger partial charge in [0, 0.05) is 26.8 Å². The topological polar surface area (TPSA) is 56.4 Å². The summed E-state index contributed by atoms with van der Waals surface area (Å²) in [4.78, 5) is 3.32. The van der Waals surface area contributed by atoms with Gasteiger partial charge in [0.05, 0.1) is 11.9 Å². The van der Waals surface area contributed by atoms with Gasteiger partial charge < -0.3 is 9.55 Å². The van der Waals surface area contributed by atoms with Crippen LogP contribution in [-0.2, 0) is 33.5 Å². The highest BCUT2D eigenvalue weighted by molar-refractivity contribution is 7.71. The van der Waals surface area contributed by atoms with Crippen molar-refractivity contribution in [3.8, 4) is 0 Å². The Bertz CT molecular complexity index is 818. The molecule has 0 atom stereocenters. The van der Waals surface area contributed by atoms with Crippen molar-refractivity contribution < 1.29 is 0 Å². The lowest BCUT2D eigenvalue weighted by molar-refractivity contribution is 0.660. The second kappa shape index (κ2) is 5.48. The second-order valence-corrected chi connectivity index (χ2v) is 5.76. The lowest BCUT2D eigenvalue weighted by Crippen LogP contribution is -2.05. The first kappa shape index (κ1) is 14.1. The molecule has 1 N–H and O–H groups in total. The van der Waals surface area contributed by atoms with Gasteiger partial charge in [0.1, 0.15) is 5.52 Å². The number of fused-ring (bicyclic) bond motifs is 1. The summed E-state index contributed by atoms with van der Waals surface area (Å²) in [7, 11) is 3.91. The van der Waals surface area contributed by atoms with Crippen LogP contribution in [0.4, 0.5) is 0 Å². The quantitative estimate of drug-likeness (QED) is 0.736. The maximum Gasteiger partial charge on any atom is 0.179 e. The van der Waals surface area contributed by atoms with Crippen LogP contribution in [0.2, 0.25) is 0 Å². The molecule has 21 heavy (non-hydrogen) atoms. The van der Waals surface area contributed by atoms with E-state index in [4.69, 9.17) is 12.2 Å². The highest BCUT2D eigenvalue weighted by Crippen LogP contribution is 2.19. The van der Waals surface area contributed by atoms with Crippen molar-refractivity contribution in [3.05, 3.63) is 28.4 Å². The Morgan fingerprint density at radius 2 is 2.10 bits per heavy atom. The summed E-state index contributed by atoms with van der Waals surface area (Å²) in [5, 5.41) is 8.81. The lowest BCUT2D eigenvalue weighted by Gasteiger charge is -2.03. The molecule has 0 unspecified atom stereocenters. The van der Waals surface area contributed by atoms with E-state index in [0.717, 1.165) is 47.4 Å². The van der Waals surface area contributed by atoms with Crippen molar-refractivity contribution in [2.75, 3.05) is 0 Å². The Morgan fingerprint density at radius 3 is 2.76 bits per heavy atom. The maximum atomic E-state index is 5.48. The van der Waals surface area contributed by atoms with Crippen LogP contribution < -0.4 is 0 Å². The number of rotatable bonds is 5. The van der Waals surface area contributed by atoms with Crippen molar-refractivity contribution in [3.63, 3.8) is 0 Å². The fourth-order valence-corrected chi connectivity index (χ4v) is 3.02. The molecule has 112 valence electrons. The van der Waals surface area contributed by atoms with Crippen LogP contribution in [-0.4, -0.2) is 29.1 Å². The summed E-state index contributed by atoms with van der Waals surface area (Å²) in [5.41, 5.74) is 4.47. The van der Waals surface area contributed by atoms with Gasteiger partial charge in [-0.3, -0.25) is 9.36 Å². The van der Waals surface area contributed by atoms with Gasteiger partial charge in [-0.1, -0.05) is 13.3 Å². The Hall–Kier alpha value is -1.89. The highest BCUT2D eigenvalue weighted by Gasteiger charge is 2.14. The van der Waals surface area contributed by atoms with E-state index in [1.807, 2.05) is 35.9 Å². The monoisotopic (exact) mass is 304 g/mol. The van der Waals surface area contributed by atoms with Gasteiger partial charge >= 0.3 is 0 Å². The summed E-state index contributed by atoms with van der Waals surface area (Å²) < 4.78 is 6.64. The van der Waals surface area contributed by atoms with Gasteiger partial charge in [-0.25, -0.2) is 0 Å². The number of H-pyrrole nitrogens is 1. The van der Waals surface area contributed by atoms with Crippen LogP contribution in [0, 0.1) is 4.77 Å². The summed E-state index contributed by atoms with van der Waals surface area (Å²) >= 11 is 5.48. The first-order valence-electron chi connectivity index (χ1n) is 7.22. The number of nitrogens with one attached hydrogen (secondary N) is 1. The second-order valence-electron chi connectivity index (χ2n) is 5.37. The third-order valence-electron chi connectivity index (χ3n) is 3.69. The molecule has 3 aromatic rings. The van der Waals surface area contributed by atoms with Crippen molar-refractivity contribution >= 4 is 23.4 Å². The van der Waals surface area contributed by atoms with Crippen molar-refractivity contribution in [2.45, 2.75) is 32.7 Å². The molecular weight excluding hydrogens is 284 g/mol. The minimum Gasteiger partial charge on any atom is -0.328 e. The van der Waals surface area contributed by atoms with Crippen molar-refractivity contribution in [1.29, 1.82) is 0 Å².